The van der Waals surface area contributed by atoms with Gasteiger partial charge in [0.1, 0.15) is 0 Å². The van der Waals surface area contributed by atoms with Gasteiger partial charge in [0, 0.05) is 12.6 Å². The second-order valence-corrected chi connectivity index (χ2v) is 6.55. The molecule has 0 saturated carbocycles. The average Bonchev–Trinajstić information content (AvgIpc) is 2.99. The summed E-state index contributed by atoms with van der Waals surface area (Å²) in [6.07, 6.45) is 1.86. The molecule has 0 atom stereocenters. The van der Waals surface area contributed by atoms with Crippen LogP contribution in [0.1, 0.15) is 46.7 Å². The van der Waals surface area contributed by atoms with Gasteiger partial charge in [0.15, 0.2) is 11.5 Å². The van der Waals surface area contributed by atoms with Crippen molar-refractivity contribution in [2.75, 3.05) is 0 Å². The summed E-state index contributed by atoms with van der Waals surface area (Å²) in [5, 5.41) is 15.7. The Bertz CT molecular complexity index is 936. The summed E-state index contributed by atoms with van der Waals surface area (Å²) in [6.45, 7) is 4.27. The van der Waals surface area contributed by atoms with Crippen LogP contribution in [0.5, 0.6) is 0 Å². The van der Waals surface area contributed by atoms with Gasteiger partial charge < -0.3 is 5.11 Å². The van der Waals surface area contributed by atoms with Crippen LogP contribution in [0, 0.1) is 5.92 Å². The monoisotopic (exact) mass is 336 g/mol. The summed E-state index contributed by atoms with van der Waals surface area (Å²) >= 11 is 0. The number of nitrogens with zero attached hydrogens (tertiary/aromatic N) is 2. The molecule has 0 aliphatic carbocycles. The van der Waals surface area contributed by atoms with Crippen LogP contribution in [0.2, 0.25) is 0 Å². The predicted octanol–water partition coefficient (Wildman–Crippen LogP) is 4.01. The maximum Gasteiger partial charge on any atom is 0.357 e. The molecule has 0 fully saturated rings. The predicted molar refractivity (Wildman–Crippen MR) is 96.0 cm³/mol. The van der Waals surface area contributed by atoms with E-state index in [9.17, 15) is 14.7 Å². The summed E-state index contributed by atoms with van der Waals surface area (Å²) in [4.78, 5) is 23.8. The van der Waals surface area contributed by atoms with Crippen molar-refractivity contribution in [1.82, 2.24) is 9.78 Å². The van der Waals surface area contributed by atoms with Crippen LogP contribution >= 0.6 is 0 Å². The molecule has 2 aromatic carbocycles. The third-order valence-electron chi connectivity index (χ3n) is 4.07. The zero-order valence-electron chi connectivity index (χ0n) is 14.3. The number of benzene rings is 2. The summed E-state index contributed by atoms with van der Waals surface area (Å²) in [7, 11) is 0. The molecule has 5 heteroatoms. The number of aromatic nitrogens is 2. The van der Waals surface area contributed by atoms with Gasteiger partial charge in [0.2, 0.25) is 0 Å². The van der Waals surface area contributed by atoms with E-state index >= 15 is 0 Å². The molecular weight excluding hydrogens is 316 g/mol. The Labute approximate surface area is 145 Å². The number of hydrogen-bond donors (Lipinski definition) is 1. The summed E-state index contributed by atoms with van der Waals surface area (Å²) in [6, 6.07) is 14.0. The van der Waals surface area contributed by atoms with E-state index in [0.29, 0.717) is 13.0 Å². The number of ketones is 1. The van der Waals surface area contributed by atoms with Crippen LogP contribution in [0.15, 0.2) is 48.7 Å². The van der Waals surface area contributed by atoms with Gasteiger partial charge in [-0.05, 0) is 22.3 Å². The number of rotatable bonds is 6. The molecule has 1 N–H and O–H groups in total. The summed E-state index contributed by atoms with van der Waals surface area (Å²) < 4.78 is 1.54. The van der Waals surface area contributed by atoms with Crippen molar-refractivity contribution in [3.05, 3.63) is 65.5 Å². The van der Waals surface area contributed by atoms with Gasteiger partial charge in [-0.15, -0.1) is 0 Å². The van der Waals surface area contributed by atoms with Crippen LogP contribution in [0.3, 0.4) is 0 Å². The van der Waals surface area contributed by atoms with Crippen LogP contribution < -0.4 is 0 Å². The fourth-order valence-corrected chi connectivity index (χ4v) is 2.95. The Balaban J connectivity index is 1.98. The first-order chi connectivity index (χ1) is 12.0. The number of carbonyl (C=O) groups is 2. The average molecular weight is 336 g/mol. The molecule has 0 amide bonds. The van der Waals surface area contributed by atoms with Crippen molar-refractivity contribution in [2.24, 2.45) is 5.92 Å². The number of Topliss-reactive ketones (excluding diaryl/α,β-unsaturated/α-hetero) is 1. The number of carbonyl (C=O) groups excluding carboxylic acids is 1. The minimum Gasteiger partial charge on any atom is -0.476 e. The molecule has 0 aliphatic heterocycles. The highest BCUT2D eigenvalue weighted by Gasteiger charge is 2.22. The van der Waals surface area contributed by atoms with Crippen LogP contribution in [-0.2, 0) is 6.54 Å². The van der Waals surface area contributed by atoms with Gasteiger partial charge in [-0.25, -0.2) is 4.79 Å². The number of carboxylic acids is 1. The first-order valence-electron chi connectivity index (χ1n) is 8.26. The van der Waals surface area contributed by atoms with E-state index < -0.39 is 5.97 Å². The quantitative estimate of drug-likeness (QED) is 0.690. The molecule has 0 bridgehead atoms. The summed E-state index contributed by atoms with van der Waals surface area (Å²) in [5.74, 6) is -1.20. The molecule has 0 unspecified atom stereocenters. The molecule has 0 aliphatic rings. The van der Waals surface area contributed by atoms with E-state index in [1.54, 1.807) is 10.9 Å². The maximum absolute atomic E-state index is 12.3. The van der Waals surface area contributed by atoms with Crippen molar-refractivity contribution in [3.63, 3.8) is 0 Å². The van der Waals surface area contributed by atoms with Gasteiger partial charge in [0.25, 0.3) is 0 Å². The highest BCUT2D eigenvalue weighted by atomic mass is 16.4. The Kier molecular flexibility index (Phi) is 4.65. The zero-order valence-corrected chi connectivity index (χ0v) is 14.3. The van der Waals surface area contributed by atoms with E-state index in [1.165, 1.54) is 0 Å². The highest BCUT2D eigenvalue weighted by molar-refractivity contribution is 6.04. The zero-order chi connectivity index (χ0) is 18.0. The minimum absolute atomic E-state index is 0.163. The topological polar surface area (TPSA) is 72.2 Å². The molecule has 1 heterocycles. The van der Waals surface area contributed by atoms with Gasteiger partial charge in [-0.1, -0.05) is 56.3 Å². The molecule has 0 spiro atoms. The molecule has 128 valence electrons. The Morgan fingerprint density at radius 2 is 1.84 bits per heavy atom. The lowest BCUT2D eigenvalue weighted by atomic mass is 10.0. The van der Waals surface area contributed by atoms with Gasteiger partial charge >= 0.3 is 5.97 Å². The SMILES string of the molecule is CC(C)CC(=O)c1cn(Cc2cccc3ccccc23)nc1C(=O)O. The molecule has 25 heavy (non-hydrogen) atoms. The lowest BCUT2D eigenvalue weighted by molar-refractivity contribution is 0.0684. The largest absolute Gasteiger partial charge is 0.476 e. The van der Waals surface area contributed by atoms with E-state index in [-0.39, 0.29) is 23.0 Å². The molecule has 0 radical (unpaired) electrons. The number of carboxylic acid groups (broad SMARTS) is 1. The molecule has 3 aromatic rings. The van der Waals surface area contributed by atoms with E-state index in [0.717, 1.165) is 16.3 Å². The Hall–Kier alpha value is -2.95. The van der Waals surface area contributed by atoms with Crippen molar-refractivity contribution in [3.8, 4) is 0 Å². The minimum atomic E-state index is -1.18. The smallest absolute Gasteiger partial charge is 0.357 e. The molecule has 0 saturated heterocycles. The third-order valence-corrected chi connectivity index (χ3v) is 4.07. The van der Waals surface area contributed by atoms with Gasteiger partial charge in [-0.3, -0.25) is 9.48 Å². The fraction of sp³-hybridized carbons (Fsp3) is 0.250. The van der Waals surface area contributed by atoms with Crippen LogP contribution in [-0.4, -0.2) is 26.6 Å². The first kappa shape index (κ1) is 16.9. The standard InChI is InChI=1S/C20H20N2O3/c1-13(2)10-18(23)17-12-22(21-19(17)20(24)25)11-15-8-5-7-14-6-3-4-9-16(14)15/h3-9,12-13H,10-11H2,1-2H3,(H,24,25). The fourth-order valence-electron chi connectivity index (χ4n) is 2.95. The Morgan fingerprint density at radius 3 is 2.56 bits per heavy atom. The normalized spacial score (nSPS) is 11.2. The highest BCUT2D eigenvalue weighted by Crippen LogP contribution is 2.20. The number of aromatic carboxylic acids is 1. The Morgan fingerprint density at radius 1 is 1.12 bits per heavy atom. The number of hydrogen-bond acceptors (Lipinski definition) is 3. The van der Waals surface area contributed by atoms with Crippen LogP contribution in [0.25, 0.3) is 10.8 Å². The first-order valence-corrected chi connectivity index (χ1v) is 8.26. The third kappa shape index (κ3) is 3.60. The van der Waals surface area contributed by atoms with Crippen molar-refractivity contribution >= 4 is 22.5 Å². The van der Waals surface area contributed by atoms with Crippen molar-refractivity contribution in [2.45, 2.75) is 26.8 Å². The van der Waals surface area contributed by atoms with E-state index in [1.807, 2.05) is 56.3 Å². The second-order valence-electron chi connectivity index (χ2n) is 6.55. The molecule has 5 nitrogen and oxygen atoms in total. The van der Waals surface area contributed by atoms with Gasteiger partial charge in [0.05, 0.1) is 12.1 Å². The summed E-state index contributed by atoms with van der Waals surface area (Å²) in [5.41, 5.74) is 1.03. The molecular formula is C20H20N2O3. The van der Waals surface area contributed by atoms with E-state index in [2.05, 4.69) is 5.10 Å². The molecule has 3 rings (SSSR count). The lowest BCUT2D eigenvalue weighted by Gasteiger charge is -2.06. The van der Waals surface area contributed by atoms with Crippen molar-refractivity contribution in [1.29, 1.82) is 0 Å². The lowest BCUT2D eigenvalue weighted by Crippen LogP contribution is -2.09. The van der Waals surface area contributed by atoms with Crippen molar-refractivity contribution < 1.29 is 14.7 Å². The molecule has 1 aromatic heterocycles. The van der Waals surface area contributed by atoms with Gasteiger partial charge in [-0.2, -0.15) is 5.10 Å². The maximum atomic E-state index is 12.3. The second kappa shape index (κ2) is 6.89. The number of fused-ring (bicyclic) bond motifs is 1. The van der Waals surface area contributed by atoms with E-state index in [4.69, 9.17) is 0 Å². The van der Waals surface area contributed by atoms with Crippen LogP contribution in [0.4, 0.5) is 0 Å².